The van der Waals surface area contributed by atoms with Crippen molar-refractivity contribution in [1.82, 2.24) is 0 Å². The van der Waals surface area contributed by atoms with E-state index in [0.29, 0.717) is 11.7 Å². The van der Waals surface area contributed by atoms with Gasteiger partial charge in [-0.15, -0.1) is 0 Å². The summed E-state index contributed by atoms with van der Waals surface area (Å²) in [5.74, 6) is 1.18. The lowest BCUT2D eigenvalue weighted by Crippen LogP contribution is -1.94. The zero-order valence-electron chi connectivity index (χ0n) is 4.69. The molecule has 0 bridgehead atoms. The van der Waals surface area contributed by atoms with Gasteiger partial charge in [-0.1, -0.05) is 22.6 Å². The van der Waals surface area contributed by atoms with Crippen LogP contribution in [0.3, 0.4) is 0 Å². The summed E-state index contributed by atoms with van der Waals surface area (Å²) < 4.78 is 1.16. The number of halogens is 1. The van der Waals surface area contributed by atoms with Gasteiger partial charge in [0.15, 0.2) is 0 Å². The van der Waals surface area contributed by atoms with Gasteiger partial charge < -0.3 is 0 Å². The Morgan fingerprint density at radius 2 is 2.50 bits per heavy atom. The highest BCUT2D eigenvalue weighted by Crippen LogP contribution is 2.23. The van der Waals surface area contributed by atoms with Crippen LogP contribution in [-0.2, 0) is 4.79 Å². The second-order valence-corrected chi connectivity index (χ2v) is 3.18. The van der Waals surface area contributed by atoms with Gasteiger partial charge >= 0.3 is 0 Å². The Bertz CT molecular complexity index is 101. The largest absolute Gasteiger partial charge is 0.300 e. The fourth-order valence-corrected chi connectivity index (χ4v) is 1.77. The smallest absolute Gasteiger partial charge is 0.133 e. The first-order valence-electron chi connectivity index (χ1n) is 2.90. The average Bonchev–Trinajstić information content (AvgIpc) is 2.14. The van der Waals surface area contributed by atoms with Crippen LogP contribution in [0.4, 0.5) is 0 Å². The Morgan fingerprint density at radius 1 is 1.75 bits per heavy atom. The minimum atomic E-state index is 0.465. The van der Waals surface area contributed by atoms with Gasteiger partial charge in [0.2, 0.25) is 0 Å². The van der Waals surface area contributed by atoms with Crippen LogP contribution in [0.25, 0.3) is 0 Å². The van der Waals surface area contributed by atoms with E-state index in [1.165, 1.54) is 0 Å². The number of Topliss-reactive ketones (excluding diaryl/α,β-unsaturated/α-hetero) is 1. The van der Waals surface area contributed by atoms with Crippen LogP contribution in [0.5, 0.6) is 0 Å². The second kappa shape index (κ2) is 2.80. The van der Waals surface area contributed by atoms with Crippen molar-refractivity contribution in [3.63, 3.8) is 0 Å². The molecule has 46 valence electrons. The van der Waals surface area contributed by atoms with E-state index < -0.39 is 0 Å². The van der Waals surface area contributed by atoms with Crippen molar-refractivity contribution < 1.29 is 4.79 Å². The first-order valence-corrected chi connectivity index (χ1v) is 4.43. The third-order valence-electron chi connectivity index (χ3n) is 1.57. The molecular weight excluding hydrogens is 215 g/mol. The van der Waals surface area contributed by atoms with Crippen molar-refractivity contribution >= 4 is 28.4 Å². The van der Waals surface area contributed by atoms with Gasteiger partial charge in [-0.05, 0) is 12.3 Å². The molecule has 1 atom stereocenters. The Hall–Kier alpha value is 0.400. The Labute approximate surface area is 63.0 Å². The predicted octanol–water partition coefficient (Wildman–Crippen LogP) is 1.79. The summed E-state index contributed by atoms with van der Waals surface area (Å²) in [6.07, 6.45) is 2.83. The summed E-state index contributed by atoms with van der Waals surface area (Å²) >= 11 is 2.35. The summed E-state index contributed by atoms with van der Waals surface area (Å²) in [7, 11) is 0. The molecule has 0 saturated heterocycles. The van der Waals surface area contributed by atoms with Crippen molar-refractivity contribution in [3.05, 3.63) is 0 Å². The molecule has 2 heteroatoms. The quantitative estimate of drug-likeness (QED) is 0.490. The first-order chi connectivity index (χ1) is 3.83. The van der Waals surface area contributed by atoms with Crippen molar-refractivity contribution in [2.45, 2.75) is 19.3 Å². The van der Waals surface area contributed by atoms with Crippen LogP contribution < -0.4 is 0 Å². The maximum atomic E-state index is 10.6. The summed E-state index contributed by atoms with van der Waals surface area (Å²) in [5, 5.41) is 0. The van der Waals surface area contributed by atoms with Gasteiger partial charge in [-0.25, -0.2) is 0 Å². The van der Waals surface area contributed by atoms with E-state index in [0.717, 1.165) is 23.7 Å². The molecule has 0 N–H and O–H groups in total. The van der Waals surface area contributed by atoms with Crippen LogP contribution in [0, 0.1) is 5.92 Å². The number of hydrogen-bond acceptors (Lipinski definition) is 1. The molecule has 1 saturated carbocycles. The highest BCUT2D eigenvalue weighted by molar-refractivity contribution is 14.1. The van der Waals surface area contributed by atoms with Gasteiger partial charge in [-0.3, -0.25) is 4.79 Å². The van der Waals surface area contributed by atoms with Crippen LogP contribution in [0.15, 0.2) is 0 Å². The Kier molecular flexibility index (Phi) is 2.28. The van der Waals surface area contributed by atoms with Crippen LogP contribution in [0.1, 0.15) is 19.3 Å². The number of alkyl halides is 1. The molecule has 1 aliphatic rings. The molecule has 1 aliphatic carbocycles. The molecule has 0 spiro atoms. The first kappa shape index (κ1) is 6.52. The summed E-state index contributed by atoms with van der Waals surface area (Å²) in [6.45, 7) is 0. The van der Waals surface area contributed by atoms with Gasteiger partial charge in [0, 0.05) is 17.3 Å². The zero-order chi connectivity index (χ0) is 5.98. The molecule has 0 aromatic rings. The molecule has 1 rings (SSSR count). The molecule has 0 radical (unpaired) electrons. The van der Waals surface area contributed by atoms with E-state index in [4.69, 9.17) is 0 Å². The fourth-order valence-electron chi connectivity index (χ4n) is 1.02. The minimum absolute atomic E-state index is 0.465. The maximum Gasteiger partial charge on any atom is 0.133 e. The summed E-state index contributed by atoms with van der Waals surface area (Å²) in [4.78, 5) is 10.6. The van der Waals surface area contributed by atoms with Gasteiger partial charge in [0.25, 0.3) is 0 Å². The summed E-state index contributed by atoms with van der Waals surface area (Å²) in [6, 6.07) is 0. The van der Waals surface area contributed by atoms with E-state index in [-0.39, 0.29) is 0 Å². The lowest BCUT2D eigenvalue weighted by atomic mass is 10.1. The standard InChI is InChI=1S/C6H9IO/c7-4-5-1-2-6(8)3-5/h5H,1-4H2. The van der Waals surface area contributed by atoms with E-state index in [2.05, 4.69) is 22.6 Å². The third kappa shape index (κ3) is 1.44. The molecular formula is C6H9IO. The fraction of sp³-hybridized carbons (Fsp3) is 0.833. The Morgan fingerprint density at radius 3 is 2.75 bits per heavy atom. The molecule has 0 aromatic heterocycles. The molecule has 0 heterocycles. The van der Waals surface area contributed by atoms with Crippen molar-refractivity contribution in [2.24, 2.45) is 5.92 Å². The monoisotopic (exact) mass is 224 g/mol. The topological polar surface area (TPSA) is 17.1 Å². The van der Waals surface area contributed by atoms with E-state index in [1.54, 1.807) is 0 Å². The maximum absolute atomic E-state index is 10.6. The number of carbonyl (C=O) groups excluding carboxylic acids is 1. The molecule has 0 aliphatic heterocycles. The van der Waals surface area contributed by atoms with Crippen molar-refractivity contribution in [3.8, 4) is 0 Å². The van der Waals surface area contributed by atoms with Crippen LogP contribution in [-0.4, -0.2) is 10.2 Å². The van der Waals surface area contributed by atoms with Crippen LogP contribution >= 0.6 is 22.6 Å². The highest BCUT2D eigenvalue weighted by Gasteiger charge is 2.19. The molecule has 8 heavy (non-hydrogen) atoms. The number of ketones is 1. The van der Waals surface area contributed by atoms with Crippen molar-refractivity contribution in [1.29, 1.82) is 0 Å². The van der Waals surface area contributed by atoms with E-state index in [1.807, 2.05) is 0 Å². The molecule has 1 fully saturated rings. The molecule has 0 aromatic carbocycles. The lowest BCUT2D eigenvalue weighted by Gasteiger charge is -1.97. The number of carbonyl (C=O) groups is 1. The van der Waals surface area contributed by atoms with Gasteiger partial charge in [-0.2, -0.15) is 0 Å². The van der Waals surface area contributed by atoms with Crippen LogP contribution in [0.2, 0.25) is 0 Å². The number of hydrogen-bond donors (Lipinski definition) is 0. The average molecular weight is 224 g/mol. The van der Waals surface area contributed by atoms with Gasteiger partial charge in [0.05, 0.1) is 0 Å². The molecule has 1 nitrogen and oxygen atoms in total. The molecule has 1 unspecified atom stereocenters. The third-order valence-corrected chi connectivity index (χ3v) is 2.81. The normalized spacial score (nSPS) is 29.1. The molecule has 0 amide bonds. The predicted molar refractivity (Wildman–Crippen MR) is 41.2 cm³/mol. The van der Waals surface area contributed by atoms with Crippen molar-refractivity contribution in [2.75, 3.05) is 4.43 Å². The number of rotatable bonds is 1. The lowest BCUT2D eigenvalue weighted by molar-refractivity contribution is -0.117. The SMILES string of the molecule is O=C1CCC(CI)C1. The zero-order valence-corrected chi connectivity index (χ0v) is 6.85. The minimum Gasteiger partial charge on any atom is -0.300 e. The van der Waals surface area contributed by atoms with Gasteiger partial charge in [0.1, 0.15) is 5.78 Å². The Balaban J connectivity index is 2.32. The van der Waals surface area contributed by atoms with E-state index in [9.17, 15) is 4.79 Å². The second-order valence-electron chi connectivity index (χ2n) is 2.30. The van der Waals surface area contributed by atoms with E-state index >= 15 is 0 Å². The highest BCUT2D eigenvalue weighted by atomic mass is 127. The summed E-state index contributed by atoms with van der Waals surface area (Å²) in [5.41, 5.74) is 0.